The molecule has 1 fully saturated rings. The molecule has 2 unspecified atom stereocenters. The Hall–Kier alpha value is -0.170. The van der Waals surface area contributed by atoms with Gasteiger partial charge in [-0.2, -0.15) is 0 Å². The van der Waals surface area contributed by atoms with Crippen LogP contribution in [0.25, 0.3) is 0 Å². The number of sulfone groups is 1. The summed E-state index contributed by atoms with van der Waals surface area (Å²) >= 11 is 0. The van der Waals surface area contributed by atoms with Crippen molar-refractivity contribution >= 4 is 9.84 Å². The summed E-state index contributed by atoms with van der Waals surface area (Å²) in [7, 11) is 0.242. The van der Waals surface area contributed by atoms with Crippen LogP contribution in [0.1, 0.15) is 12.8 Å². The van der Waals surface area contributed by atoms with Crippen molar-refractivity contribution in [1.82, 2.24) is 5.32 Å². The molecule has 1 heterocycles. The average molecular weight is 251 g/mol. The molecule has 1 saturated heterocycles. The third-order valence-electron chi connectivity index (χ3n) is 2.70. The third-order valence-corrected chi connectivity index (χ3v) is 4.48. The lowest BCUT2D eigenvalue weighted by molar-refractivity contribution is 0.127. The lowest BCUT2D eigenvalue weighted by Gasteiger charge is -2.16. The van der Waals surface area contributed by atoms with Gasteiger partial charge in [-0.3, -0.25) is 0 Å². The lowest BCUT2D eigenvalue weighted by atomic mass is 10.3. The molecule has 0 aromatic rings. The summed E-state index contributed by atoms with van der Waals surface area (Å²) in [6.45, 7) is 1.09. The quantitative estimate of drug-likeness (QED) is 0.680. The molecule has 0 bridgehead atoms. The van der Waals surface area contributed by atoms with Crippen LogP contribution in [0.3, 0.4) is 0 Å². The number of rotatable bonds is 7. The Kier molecular flexibility index (Phi) is 5.68. The van der Waals surface area contributed by atoms with E-state index in [-0.39, 0.29) is 23.7 Å². The van der Waals surface area contributed by atoms with Gasteiger partial charge in [-0.1, -0.05) is 0 Å². The maximum absolute atomic E-state index is 11.9. The van der Waals surface area contributed by atoms with Gasteiger partial charge < -0.3 is 14.8 Å². The highest BCUT2D eigenvalue weighted by molar-refractivity contribution is 7.91. The standard InChI is InChI=1S/C10H21NO4S/c1-11-9(6-14-2)7-16(12,13)8-10-4-3-5-15-10/h9-11H,3-8H2,1-2H3. The highest BCUT2D eigenvalue weighted by Crippen LogP contribution is 2.14. The van der Waals surface area contributed by atoms with Crippen molar-refractivity contribution in [3.05, 3.63) is 0 Å². The van der Waals surface area contributed by atoms with Crippen LogP contribution in [-0.4, -0.2) is 59.4 Å². The highest BCUT2D eigenvalue weighted by Gasteiger charge is 2.25. The minimum Gasteiger partial charge on any atom is -0.383 e. The zero-order valence-corrected chi connectivity index (χ0v) is 10.8. The molecule has 1 rings (SSSR count). The summed E-state index contributed by atoms with van der Waals surface area (Å²) < 4.78 is 34.0. The molecule has 2 atom stereocenters. The van der Waals surface area contributed by atoms with E-state index >= 15 is 0 Å². The molecule has 1 aliphatic rings. The van der Waals surface area contributed by atoms with Crippen LogP contribution in [0, 0.1) is 0 Å². The molecule has 0 aromatic heterocycles. The average Bonchev–Trinajstić information content (AvgIpc) is 2.68. The first kappa shape index (κ1) is 13.9. The molecule has 0 amide bonds. The van der Waals surface area contributed by atoms with E-state index in [0.717, 1.165) is 12.8 Å². The maximum Gasteiger partial charge on any atom is 0.154 e. The number of nitrogens with one attached hydrogen (secondary N) is 1. The lowest BCUT2D eigenvalue weighted by Crippen LogP contribution is -2.39. The Morgan fingerprint density at radius 2 is 2.31 bits per heavy atom. The Bertz CT molecular complexity index is 285. The summed E-state index contributed by atoms with van der Waals surface area (Å²) in [4.78, 5) is 0. The van der Waals surface area contributed by atoms with Gasteiger partial charge in [0.15, 0.2) is 9.84 Å². The first-order valence-corrected chi connectivity index (χ1v) is 7.38. The van der Waals surface area contributed by atoms with Gasteiger partial charge in [-0.05, 0) is 19.9 Å². The Morgan fingerprint density at radius 3 is 2.81 bits per heavy atom. The zero-order chi connectivity index (χ0) is 12.0. The number of ether oxygens (including phenoxy) is 2. The van der Waals surface area contributed by atoms with Crippen LogP contribution in [-0.2, 0) is 19.3 Å². The highest BCUT2D eigenvalue weighted by atomic mass is 32.2. The van der Waals surface area contributed by atoms with Gasteiger partial charge in [0, 0.05) is 19.8 Å². The molecule has 0 saturated carbocycles. The molecule has 1 aliphatic heterocycles. The summed E-state index contributed by atoms with van der Waals surface area (Å²) in [6, 6.07) is -0.142. The molecular formula is C10H21NO4S. The normalized spacial score (nSPS) is 23.5. The monoisotopic (exact) mass is 251 g/mol. The van der Waals surface area contributed by atoms with Crippen molar-refractivity contribution in [3.63, 3.8) is 0 Å². The third kappa shape index (κ3) is 4.78. The van der Waals surface area contributed by atoms with Gasteiger partial charge in [0.1, 0.15) is 0 Å². The fourth-order valence-corrected chi connectivity index (χ4v) is 3.69. The van der Waals surface area contributed by atoms with E-state index in [1.54, 1.807) is 14.2 Å². The second-order valence-corrected chi connectivity index (χ2v) is 6.31. The van der Waals surface area contributed by atoms with Gasteiger partial charge >= 0.3 is 0 Å². The molecule has 6 heteroatoms. The predicted octanol–water partition coefficient (Wildman–Crippen LogP) is -0.185. The van der Waals surface area contributed by atoms with E-state index in [9.17, 15) is 8.42 Å². The number of hydrogen-bond acceptors (Lipinski definition) is 5. The molecule has 96 valence electrons. The SMILES string of the molecule is CNC(COC)CS(=O)(=O)CC1CCCO1. The van der Waals surface area contributed by atoms with Crippen LogP contribution < -0.4 is 5.32 Å². The van der Waals surface area contributed by atoms with Gasteiger partial charge in [0.2, 0.25) is 0 Å². The fraction of sp³-hybridized carbons (Fsp3) is 1.00. The van der Waals surface area contributed by atoms with Crippen molar-refractivity contribution in [2.45, 2.75) is 25.0 Å². The zero-order valence-electron chi connectivity index (χ0n) is 9.94. The van der Waals surface area contributed by atoms with Crippen LogP contribution in [0.5, 0.6) is 0 Å². The van der Waals surface area contributed by atoms with Gasteiger partial charge in [-0.15, -0.1) is 0 Å². The number of likely N-dealkylation sites (N-methyl/N-ethyl adjacent to an activating group) is 1. The molecule has 16 heavy (non-hydrogen) atoms. The first-order chi connectivity index (χ1) is 7.57. The maximum atomic E-state index is 11.9. The van der Waals surface area contributed by atoms with Crippen LogP contribution in [0.15, 0.2) is 0 Å². The fourth-order valence-electron chi connectivity index (χ4n) is 1.85. The molecule has 0 radical (unpaired) electrons. The van der Waals surface area contributed by atoms with E-state index in [1.165, 1.54) is 0 Å². The molecule has 0 spiro atoms. The van der Waals surface area contributed by atoms with Crippen LogP contribution >= 0.6 is 0 Å². The smallest absolute Gasteiger partial charge is 0.154 e. The second kappa shape index (κ2) is 6.54. The topological polar surface area (TPSA) is 64.6 Å². The number of methoxy groups -OCH3 is 1. The van der Waals surface area contributed by atoms with Crippen LogP contribution in [0.2, 0.25) is 0 Å². The van der Waals surface area contributed by atoms with E-state index in [0.29, 0.717) is 13.2 Å². The van der Waals surface area contributed by atoms with E-state index in [4.69, 9.17) is 9.47 Å². The summed E-state index contributed by atoms with van der Waals surface area (Å²) in [5, 5.41) is 2.94. The largest absolute Gasteiger partial charge is 0.383 e. The van der Waals surface area contributed by atoms with Crippen molar-refractivity contribution in [2.24, 2.45) is 0 Å². The first-order valence-electron chi connectivity index (χ1n) is 5.55. The van der Waals surface area contributed by atoms with Gasteiger partial charge in [-0.25, -0.2) is 8.42 Å². The van der Waals surface area contributed by atoms with E-state index in [2.05, 4.69) is 5.32 Å². The van der Waals surface area contributed by atoms with E-state index < -0.39 is 9.84 Å². The molecule has 5 nitrogen and oxygen atoms in total. The Labute approximate surface area is 97.4 Å². The molecule has 1 N–H and O–H groups in total. The second-order valence-electron chi connectivity index (χ2n) is 4.15. The predicted molar refractivity (Wildman–Crippen MR) is 62.4 cm³/mol. The molecule has 0 aliphatic carbocycles. The van der Waals surface area contributed by atoms with E-state index in [1.807, 2.05) is 0 Å². The van der Waals surface area contributed by atoms with Gasteiger partial charge in [0.25, 0.3) is 0 Å². The van der Waals surface area contributed by atoms with Crippen molar-refractivity contribution in [2.75, 3.05) is 38.9 Å². The molecule has 0 aromatic carbocycles. The van der Waals surface area contributed by atoms with Gasteiger partial charge in [0.05, 0.1) is 24.2 Å². The minimum absolute atomic E-state index is 0.106. The molecular weight excluding hydrogens is 230 g/mol. The summed E-state index contributed by atoms with van der Waals surface area (Å²) in [5.74, 6) is 0.242. The summed E-state index contributed by atoms with van der Waals surface area (Å²) in [5.41, 5.74) is 0. The van der Waals surface area contributed by atoms with Crippen molar-refractivity contribution < 1.29 is 17.9 Å². The van der Waals surface area contributed by atoms with Crippen LogP contribution in [0.4, 0.5) is 0 Å². The van der Waals surface area contributed by atoms with Crippen molar-refractivity contribution in [3.8, 4) is 0 Å². The Balaban J connectivity index is 2.42. The Morgan fingerprint density at radius 1 is 1.56 bits per heavy atom. The summed E-state index contributed by atoms with van der Waals surface area (Å²) in [6.07, 6.45) is 1.71. The number of hydrogen-bond donors (Lipinski definition) is 1. The van der Waals surface area contributed by atoms with Crippen molar-refractivity contribution in [1.29, 1.82) is 0 Å². The minimum atomic E-state index is -3.07.